The number of nitrogens with one attached hydrogen (secondary N) is 1. The Labute approximate surface area is 98.7 Å². The van der Waals surface area contributed by atoms with Crippen LogP contribution in [0.25, 0.3) is 0 Å². The van der Waals surface area contributed by atoms with Crippen LogP contribution in [0, 0.1) is 5.92 Å². The number of likely N-dealkylation sites (tertiary alicyclic amines) is 1. The summed E-state index contributed by atoms with van der Waals surface area (Å²) in [6.45, 7) is 4.78. The van der Waals surface area contributed by atoms with E-state index < -0.39 is 0 Å². The van der Waals surface area contributed by atoms with E-state index in [0.29, 0.717) is 6.04 Å². The van der Waals surface area contributed by atoms with Crippen LogP contribution in [0.1, 0.15) is 19.8 Å². The van der Waals surface area contributed by atoms with Crippen molar-refractivity contribution in [2.24, 2.45) is 5.92 Å². The first kappa shape index (κ1) is 11.5. The molecule has 0 bridgehead atoms. The molecule has 0 amide bonds. The Bertz CT molecular complexity index is 310. The summed E-state index contributed by atoms with van der Waals surface area (Å²) in [4.78, 5) is 2.44. The van der Waals surface area contributed by atoms with Crippen LogP contribution in [0.15, 0.2) is 30.3 Å². The zero-order chi connectivity index (χ0) is 11.4. The first-order chi connectivity index (χ1) is 7.75. The van der Waals surface area contributed by atoms with Crippen molar-refractivity contribution in [3.63, 3.8) is 0 Å². The second-order valence-electron chi connectivity index (χ2n) is 4.96. The quantitative estimate of drug-likeness (QED) is 0.839. The molecule has 0 spiro atoms. The number of hydrogen-bond donors (Lipinski definition) is 1. The lowest BCUT2D eigenvalue weighted by molar-refractivity contribution is 0.197. The van der Waals surface area contributed by atoms with Gasteiger partial charge in [0.25, 0.3) is 0 Å². The normalized spacial score (nSPS) is 24.0. The number of benzene rings is 1. The highest BCUT2D eigenvalue weighted by Crippen LogP contribution is 2.21. The molecule has 2 heteroatoms. The fourth-order valence-corrected chi connectivity index (χ4v) is 2.53. The number of nitrogens with zero attached hydrogens (tertiary/aromatic N) is 1. The summed E-state index contributed by atoms with van der Waals surface area (Å²) in [6, 6.07) is 11.1. The summed E-state index contributed by atoms with van der Waals surface area (Å²) in [6.07, 6.45) is 2.69. The monoisotopic (exact) mass is 218 g/mol. The largest absolute Gasteiger partial charge is 0.382 e. The summed E-state index contributed by atoms with van der Waals surface area (Å²) in [7, 11) is 2.22. The van der Waals surface area contributed by atoms with Crippen LogP contribution >= 0.6 is 0 Å². The Morgan fingerprint density at radius 2 is 2.06 bits per heavy atom. The molecule has 2 rings (SSSR count). The average molecular weight is 218 g/mol. The molecule has 1 aromatic rings. The predicted octanol–water partition coefficient (Wildman–Crippen LogP) is 2.83. The molecule has 0 saturated carbocycles. The summed E-state index contributed by atoms with van der Waals surface area (Å²) in [5, 5.41) is 3.61. The first-order valence-corrected chi connectivity index (χ1v) is 6.26. The third-order valence-electron chi connectivity index (χ3n) is 3.54. The van der Waals surface area contributed by atoms with E-state index in [2.05, 4.69) is 54.5 Å². The van der Waals surface area contributed by atoms with Crippen molar-refractivity contribution >= 4 is 5.69 Å². The van der Waals surface area contributed by atoms with Crippen LogP contribution in [0.4, 0.5) is 5.69 Å². The smallest absolute Gasteiger partial charge is 0.0342 e. The van der Waals surface area contributed by atoms with Crippen molar-refractivity contribution in [3.8, 4) is 0 Å². The minimum atomic E-state index is 0.560. The van der Waals surface area contributed by atoms with E-state index in [0.717, 1.165) is 5.92 Å². The van der Waals surface area contributed by atoms with Gasteiger partial charge in [-0.3, -0.25) is 0 Å². The summed E-state index contributed by atoms with van der Waals surface area (Å²) >= 11 is 0. The Morgan fingerprint density at radius 3 is 2.75 bits per heavy atom. The van der Waals surface area contributed by atoms with E-state index in [1.807, 2.05) is 0 Å². The van der Waals surface area contributed by atoms with Gasteiger partial charge < -0.3 is 10.2 Å². The van der Waals surface area contributed by atoms with Crippen molar-refractivity contribution in [2.75, 3.05) is 25.5 Å². The molecule has 16 heavy (non-hydrogen) atoms. The van der Waals surface area contributed by atoms with Crippen LogP contribution < -0.4 is 5.32 Å². The number of piperidine rings is 1. The molecule has 0 aromatic heterocycles. The standard InChI is InChI=1S/C14H22N2/c1-12(13-7-6-10-16(2)11-13)15-14-8-4-3-5-9-14/h3-5,8-9,12-13,15H,6-7,10-11H2,1-2H3/t12?,13-/m1/s1. The maximum Gasteiger partial charge on any atom is 0.0342 e. The summed E-state index contributed by atoms with van der Waals surface area (Å²) < 4.78 is 0. The van der Waals surface area contributed by atoms with Crippen LogP contribution in [-0.4, -0.2) is 31.1 Å². The van der Waals surface area contributed by atoms with Gasteiger partial charge in [-0.2, -0.15) is 0 Å². The molecule has 1 unspecified atom stereocenters. The van der Waals surface area contributed by atoms with Gasteiger partial charge in [-0.15, -0.1) is 0 Å². The summed E-state index contributed by atoms with van der Waals surface area (Å²) in [5.74, 6) is 0.777. The lowest BCUT2D eigenvalue weighted by Gasteiger charge is -2.34. The molecule has 2 nitrogen and oxygen atoms in total. The highest BCUT2D eigenvalue weighted by atomic mass is 15.1. The summed E-state index contributed by atoms with van der Waals surface area (Å²) in [5.41, 5.74) is 1.24. The second-order valence-corrected chi connectivity index (χ2v) is 4.96. The topological polar surface area (TPSA) is 15.3 Å². The zero-order valence-corrected chi connectivity index (χ0v) is 10.3. The Balaban J connectivity index is 1.90. The van der Waals surface area contributed by atoms with Crippen molar-refractivity contribution in [3.05, 3.63) is 30.3 Å². The molecule has 0 aliphatic carbocycles. The fraction of sp³-hybridized carbons (Fsp3) is 0.571. The van der Waals surface area contributed by atoms with E-state index in [9.17, 15) is 0 Å². The number of anilines is 1. The van der Waals surface area contributed by atoms with Gasteiger partial charge >= 0.3 is 0 Å². The Hall–Kier alpha value is -1.02. The van der Waals surface area contributed by atoms with Crippen LogP contribution in [0.3, 0.4) is 0 Å². The highest BCUT2D eigenvalue weighted by Gasteiger charge is 2.22. The number of rotatable bonds is 3. The average Bonchev–Trinajstić information content (AvgIpc) is 2.30. The molecule has 1 aromatic carbocycles. The van der Waals surface area contributed by atoms with Gasteiger partial charge in [0.2, 0.25) is 0 Å². The van der Waals surface area contributed by atoms with Gasteiger partial charge in [0, 0.05) is 18.3 Å². The zero-order valence-electron chi connectivity index (χ0n) is 10.3. The molecule has 1 heterocycles. The van der Waals surface area contributed by atoms with Gasteiger partial charge in [-0.1, -0.05) is 18.2 Å². The lowest BCUT2D eigenvalue weighted by atomic mass is 9.92. The van der Waals surface area contributed by atoms with E-state index >= 15 is 0 Å². The Kier molecular flexibility index (Phi) is 3.83. The molecule has 1 saturated heterocycles. The van der Waals surface area contributed by atoms with E-state index in [1.165, 1.54) is 31.6 Å². The van der Waals surface area contributed by atoms with Gasteiger partial charge in [0.1, 0.15) is 0 Å². The molecule has 88 valence electrons. The van der Waals surface area contributed by atoms with E-state index in [1.54, 1.807) is 0 Å². The molecule has 0 radical (unpaired) electrons. The maximum atomic E-state index is 3.61. The number of para-hydroxylation sites is 1. The third kappa shape index (κ3) is 2.99. The molecule has 2 atom stereocenters. The predicted molar refractivity (Wildman–Crippen MR) is 69.7 cm³/mol. The maximum absolute atomic E-state index is 3.61. The highest BCUT2D eigenvalue weighted by molar-refractivity contribution is 5.43. The minimum Gasteiger partial charge on any atom is -0.382 e. The van der Waals surface area contributed by atoms with Gasteiger partial charge in [-0.25, -0.2) is 0 Å². The third-order valence-corrected chi connectivity index (χ3v) is 3.54. The lowest BCUT2D eigenvalue weighted by Crippen LogP contribution is -2.39. The second kappa shape index (κ2) is 5.35. The SMILES string of the molecule is CC(Nc1ccccc1)[C@@H]1CCCN(C)C1. The van der Waals surface area contributed by atoms with E-state index in [4.69, 9.17) is 0 Å². The minimum absolute atomic E-state index is 0.560. The fourth-order valence-electron chi connectivity index (χ4n) is 2.53. The van der Waals surface area contributed by atoms with Crippen molar-refractivity contribution in [2.45, 2.75) is 25.8 Å². The molecule has 1 N–H and O–H groups in total. The molecular formula is C14H22N2. The van der Waals surface area contributed by atoms with Gasteiger partial charge in [0.05, 0.1) is 0 Å². The molecule has 1 aliphatic rings. The van der Waals surface area contributed by atoms with Crippen molar-refractivity contribution in [1.82, 2.24) is 4.90 Å². The molecule has 1 fully saturated rings. The van der Waals surface area contributed by atoms with Gasteiger partial charge in [-0.05, 0) is 51.4 Å². The van der Waals surface area contributed by atoms with Gasteiger partial charge in [0.15, 0.2) is 0 Å². The van der Waals surface area contributed by atoms with Crippen molar-refractivity contribution in [1.29, 1.82) is 0 Å². The Morgan fingerprint density at radius 1 is 1.31 bits per heavy atom. The number of hydrogen-bond acceptors (Lipinski definition) is 2. The first-order valence-electron chi connectivity index (χ1n) is 6.26. The van der Waals surface area contributed by atoms with Crippen LogP contribution in [-0.2, 0) is 0 Å². The molecular weight excluding hydrogens is 196 g/mol. The van der Waals surface area contributed by atoms with Crippen LogP contribution in [0.5, 0.6) is 0 Å². The molecule has 1 aliphatic heterocycles. The van der Waals surface area contributed by atoms with Crippen LogP contribution in [0.2, 0.25) is 0 Å². The van der Waals surface area contributed by atoms with E-state index in [-0.39, 0.29) is 0 Å². The van der Waals surface area contributed by atoms with Crippen molar-refractivity contribution < 1.29 is 0 Å².